The van der Waals surface area contributed by atoms with Gasteiger partial charge in [0.2, 0.25) is 10.0 Å². The van der Waals surface area contributed by atoms with Crippen LogP contribution in [-0.4, -0.2) is 37.6 Å². The predicted octanol–water partition coefficient (Wildman–Crippen LogP) is 4.79. The van der Waals surface area contributed by atoms with Gasteiger partial charge >= 0.3 is 0 Å². The molecule has 6 nitrogen and oxygen atoms in total. The number of carbonyl (C=O) groups excluding carboxylic acids is 1. The number of amides is 1. The van der Waals surface area contributed by atoms with Gasteiger partial charge in [-0.15, -0.1) is 0 Å². The lowest BCUT2D eigenvalue weighted by molar-refractivity contribution is 0.0976. The largest absolute Gasteiger partial charge is 0.361 e. The highest BCUT2D eigenvalue weighted by atomic mass is 32.2. The molecule has 1 aliphatic rings. The molecule has 0 spiro atoms. The lowest BCUT2D eigenvalue weighted by Gasteiger charge is -2.31. The molecule has 1 fully saturated rings. The first-order chi connectivity index (χ1) is 14.8. The van der Waals surface area contributed by atoms with Crippen molar-refractivity contribution >= 4 is 38.2 Å². The highest BCUT2D eigenvalue weighted by Gasteiger charge is 2.30. The summed E-state index contributed by atoms with van der Waals surface area (Å²) in [7, 11) is -3.30. The Balaban J connectivity index is 1.73. The van der Waals surface area contributed by atoms with E-state index in [0.29, 0.717) is 30.1 Å². The van der Waals surface area contributed by atoms with Crippen molar-refractivity contribution in [2.45, 2.75) is 39.7 Å². The Kier molecular flexibility index (Phi) is 5.79. The second kappa shape index (κ2) is 8.38. The first-order valence-corrected chi connectivity index (χ1v) is 12.4. The number of hydrogen-bond donors (Lipinski definition) is 1. The van der Waals surface area contributed by atoms with Crippen LogP contribution in [0.5, 0.6) is 0 Å². The Morgan fingerprint density at radius 1 is 1.13 bits per heavy atom. The van der Waals surface area contributed by atoms with Crippen molar-refractivity contribution in [3.63, 3.8) is 0 Å². The van der Waals surface area contributed by atoms with Crippen molar-refractivity contribution in [3.05, 3.63) is 60.3 Å². The topological polar surface area (TPSA) is 73.5 Å². The van der Waals surface area contributed by atoms with Gasteiger partial charge in [-0.2, -0.15) is 0 Å². The normalized spacial score (nSPS) is 16.7. The summed E-state index contributed by atoms with van der Waals surface area (Å²) in [6, 6.07) is 14.9. The Morgan fingerprint density at radius 2 is 1.94 bits per heavy atom. The van der Waals surface area contributed by atoms with Crippen LogP contribution in [0.4, 0.5) is 11.4 Å². The van der Waals surface area contributed by atoms with Gasteiger partial charge < -0.3 is 9.88 Å². The number of aromatic amines is 1. The molecule has 1 aromatic heterocycles. The molecule has 0 aliphatic carbocycles. The van der Waals surface area contributed by atoms with Gasteiger partial charge in [-0.25, -0.2) is 8.42 Å². The molecule has 2 aromatic carbocycles. The molecule has 1 amide bonds. The molecule has 1 atom stereocenters. The fraction of sp³-hybridized carbons (Fsp3) is 0.375. The summed E-state index contributed by atoms with van der Waals surface area (Å²) < 4.78 is 26.1. The lowest BCUT2D eigenvalue weighted by Crippen LogP contribution is -2.39. The van der Waals surface area contributed by atoms with Crippen LogP contribution in [0, 0.1) is 5.92 Å². The molecule has 0 saturated carbocycles. The maximum atomic E-state index is 13.7. The van der Waals surface area contributed by atoms with Crippen LogP contribution in [0.15, 0.2) is 54.7 Å². The molecule has 7 heteroatoms. The maximum absolute atomic E-state index is 13.7. The minimum atomic E-state index is -3.30. The van der Waals surface area contributed by atoms with E-state index in [2.05, 4.69) is 25.8 Å². The third kappa shape index (κ3) is 4.32. The summed E-state index contributed by atoms with van der Waals surface area (Å²) in [6.07, 6.45) is 3.35. The number of sulfonamides is 1. The fourth-order valence-corrected chi connectivity index (χ4v) is 5.97. The van der Waals surface area contributed by atoms with E-state index in [1.165, 1.54) is 4.31 Å². The molecule has 31 heavy (non-hydrogen) atoms. The van der Waals surface area contributed by atoms with E-state index in [1.807, 2.05) is 35.4 Å². The van der Waals surface area contributed by atoms with Crippen molar-refractivity contribution in [1.82, 2.24) is 4.98 Å². The number of benzene rings is 2. The van der Waals surface area contributed by atoms with Gasteiger partial charge in [0.15, 0.2) is 0 Å². The van der Waals surface area contributed by atoms with E-state index in [0.717, 1.165) is 23.0 Å². The monoisotopic (exact) mass is 439 g/mol. The van der Waals surface area contributed by atoms with Gasteiger partial charge in [-0.1, -0.05) is 19.9 Å². The first kappa shape index (κ1) is 21.4. The smallest absolute Gasteiger partial charge is 0.258 e. The van der Waals surface area contributed by atoms with Gasteiger partial charge in [0.05, 0.1) is 11.4 Å². The van der Waals surface area contributed by atoms with E-state index < -0.39 is 10.0 Å². The number of nitrogens with zero attached hydrogens (tertiary/aromatic N) is 2. The number of carbonyl (C=O) groups is 1. The van der Waals surface area contributed by atoms with Crippen LogP contribution in [0.25, 0.3) is 10.9 Å². The van der Waals surface area contributed by atoms with Crippen LogP contribution < -0.4 is 9.21 Å². The molecule has 1 unspecified atom stereocenters. The zero-order chi connectivity index (χ0) is 22.2. The summed E-state index contributed by atoms with van der Waals surface area (Å²) in [4.78, 5) is 18.7. The molecular weight excluding hydrogens is 410 g/mol. The molecule has 4 rings (SSSR count). The van der Waals surface area contributed by atoms with Gasteiger partial charge in [-0.3, -0.25) is 9.10 Å². The van der Waals surface area contributed by atoms with Crippen molar-refractivity contribution in [2.75, 3.05) is 21.5 Å². The van der Waals surface area contributed by atoms with E-state index in [-0.39, 0.29) is 17.7 Å². The van der Waals surface area contributed by atoms with Crippen molar-refractivity contribution in [1.29, 1.82) is 0 Å². The number of nitrogens with one attached hydrogen (secondary N) is 1. The Hall–Kier alpha value is -2.80. The van der Waals surface area contributed by atoms with Crippen molar-refractivity contribution in [2.24, 2.45) is 5.92 Å². The zero-order valence-corrected chi connectivity index (χ0v) is 19.0. The Morgan fingerprint density at radius 3 is 2.65 bits per heavy atom. The molecule has 164 valence electrons. The maximum Gasteiger partial charge on any atom is 0.258 e. The number of rotatable bonds is 6. The standard InChI is InChI=1S/C24H29N3O3S/c1-17(2)14-18(3)27(22-8-9-23-19(15-22)10-11-25-23)24(28)20-6-4-7-21(16-20)26-12-5-13-31(26,29)30/h4,6-11,15-18,25H,5,12-14H2,1-3H3. The van der Waals surface area contributed by atoms with Gasteiger partial charge in [0, 0.05) is 40.9 Å². The summed E-state index contributed by atoms with van der Waals surface area (Å²) >= 11 is 0. The molecule has 0 radical (unpaired) electrons. The predicted molar refractivity (Wildman–Crippen MR) is 126 cm³/mol. The summed E-state index contributed by atoms with van der Waals surface area (Å²) in [5.74, 6) is 0.461. The summed E-state index contributed by atoms with van der Waals surface area (Å²) in [5.41, 5.74) is 2.91. The quantitative estimate of drug-likeness (QED) is 0.600. The second-order valence-electron chi connectivity index (χ2n) is 8.69. The molecule has 1 aliphatic heterocycles. The Labute approximate surface area is 183 Å². The van der Waals surface area contributed by atoms with Crippen LogP contribution in [0.2, 0.25) is 0 Å². The van der Waals surface area contributed by atoms with Crippen LogP contribution in [0.3, 0.4) is 0 Å². The van der Waals surface area contributed by atoms with E-state index in [4.69, 9.17) is 0 Å². The van der Waals surface area contributed by atoms with Crippen LogP contribution in [-0.2, 0) is 10.0 Å². The SMILES string of the molecule is CC(C)CC(C)N(C(=O)c1cccc(N2CCCS2(=O)=O)c1)c1ccc2[nH]ccc2c1. The molecule has 1 N–H and O–H groups in total. The molecule has 1 saturated heterocycles. The minimum absolute atomic E-state index is 0.0110. The molecule has 0 bridgehead atoms. The zero-order valence-electron chi connectivity index (χ0n) is 18.2. The summed E-state index contributed by atoms with van der Waals surface area (Å²) in [5, 5.41) is 1.05. The number of aromatic nitrogens is 1. The van der Waals surface area contributed by atoms with Gasteiger partial charge in [0.1, 0.15) is 0 Å². The lowest BCUT2D eigenvalue weighted by atomic mass is 10.0. The number of hydrogen-bond acceptors (Lipinski definition) is 3. The van der Waals surface area contributed by atoms with Crippen molar-refractivity contribution < 1.29 is 13.2 Å². The van der Waals surface area contributed by atoms with Crippen LogP contribution in [0.1, 0.15) is 44.0 Å². The average Bonchev–Trinajstić information content (AvgIpc) is 3.32. The van der Waals surface area contributed by atoms with Crippen LogP contribution >= 0.6 is 0 Å². The third-order valence-corrected chi connectivity index (χ3v) is 7.64. The number of anilines is 2. The van der Waals surface area contributed by atoms with E-state index in [1.54, 1.807) is 24.3 Å². The molecular formula is C24H29N3O3S. The number of H-pyrrole nitrogens is 1. The fourth-order valence-electron chi connectivity index (χ4n) is 4.41. The molecule has 2 heterocycles. The minimum Gasteiger partial charge on any atom is -0.361 e. The third-order valence-electron chi connectivity index (χ3n) is 5.77. The van der Waals surface area contributed by atoms with E-state index in [9.17, 15) is 13.2 Å². The highest BCUT2D eigenvalue weighted by Crippen LogP contribution is 2.29. The second-order valence-corrected chi connectivity index (χ2v) is 10.7. The molecule has 3 aromatic rings. The first-order valence-electron chi connectivity index (χ1n) is 10.8. The Bertz CT molecular complexity index is 1200. The van der Waals surface area contributed by atoms with Gasteiger partial charge in [-0.05, 0) is 68.1 Å². The number of fused-ring (bicyclic) bond motifs is 1. The van der Waals surface area contributed by atoms with Crippen molar-refractivity contribution in [3.8, 4) is 0 Å². The highest BCUT2D eigenvalue weighted by molar-refractivity contribution is 7.93. The van der Waals surface area contributed by atoms with E-state index >= 15 is 0 Å². The van der Waals surface area contributed by atoms with Gasteiger partial charge in [0.25, 0.3) is 5.91 Å². The summed E-state index contributed by atoms with van der Waals surface area (Å²) in [6.45, 7) is 6.81. The average molecular weight is 440 g/mol.